The molecule has 1 N–H and O–H groups in total. The number of halogens is 4. The molecule has 2 heterocycles. The van der Waals surface area contributed by atoms with Gasteiger partial charge in [-0.3, -0.25) is 4.90 Å². The number of alkyl halides is 3. The number of fused-ring (bicyclic) bond motifs is 1. The summed E-state index contributed by atoms with van der Waals surface area (Å²) < 4.78 is 66.3. The van der Waals surface area contributed by atoms with Crippen LogP contribution in [0.3, 0.4) is 0 Å². The maximum Gasteiger partial charge on any atom is 0.417 e. The number of benzene rings is 1. The van der Waals surface area contributed by atoms with Crippen LogP contribution < -0.4 is 4.72 Å². The minimum atomic E-state index is -4.81. The molecule has 0 unspecified atom stereocenters. The molecule has 0 fully saturated rings. The highest BCUT2D eigenvalue weighted by atomic mass is 35.5. The van der Waals surface area contributed by atoms with Gasteiger partial charge < -0.3 is 0 Å². The van der Waals surface area contributed by atoms with E-state index >= 15 is 0 Å². The molecule has 0 atom stereocenters. The monoisotopic (exact) mass is 424 g/mol. The van der Waals surface area contributed by atoms with Crippen molar-refractivity contribution in [1.29, 1.82) is 0 Å². The van der Waals surface area contributed by atoms with Gasteiger partial charge in [0.1, 0.15) is 0 Å². The van der Waals surface area contributed by atoms with Crippen LogP contribution in [0.2, 0.25) is 5.02 Å². The maximum atomic E-state index is 13.1. The van der Waals surface area contributed by atoms with E-state index in [2.05, 4.69) is 9.62 Å². The van der Waals surface area contributed by atoms with Crippen molar-refractivity contribution in [3.8, 4) is 0 Å². The zero-order valence-electron chi connectivity index (χ0n) is 13.5. The van der Waals surface area contributed by atoms with Gasteiger partial charge in [0, 0.05) is 36.1 Å². The molecule has 1 aliphatic rings. The van der Waals surface area contributed by atoms with E-state index in [9.17, 15) is 21.6 Å². The lowest BCUT2D eigenvalue weighted by molar-refractivity contribution is -0.139. The molecule has 0 saturated heterocycles. The molecule has 3 rings (SSSR count). The number of hydrogen-bond acceptors (Lipinski definition) is 4. The Morgan fingerprint density at radius 2 is 2.04 bits per heavy atom. The first-order valence-corrected chi connectivity index (χ1v) is 10.5. The Bertz CT molecular complexity index is 897. The Hall–Kier alpha value is -1.13. The molecular weight excluding hydrogens is 409 g/mol. The SMILES string of the molecule is O=S(=O)(NCCN1CCc2sccc2C1)c1ccc(Cl)cc1C(F)(F)F. The molecule has 10 heteroatoms. The number of hydrogen-bond donors (Lipinski definition) is 1. The average molecular weight is 425 g/mol. The number of sulfonamides is 1. The summed E-state index contributed by atoms with van der Waals surface area (Å²) in [6.45, 7) is 1.96. The zero-order valence-corrected chi connectivity index (χ0v) is 15.9. The minimum Gasteiger partial charge on any atom is -0.297 e. The molecule has 1 aromatic carbocycles. The minimum absolute atomic E-state index is 0.0295. The van der Waals surface area contributed by atoms with Crippen molar-refractivity contribution in [2.75, 3.05) is 19.6 Å². The van der Waals surface area contributed by atoms with Crippen LogP contribution in [0.25, 0.3) is 0 Å². The summed E-state index contributed by atoms with van der Waals surface area (Å²) in [5.41, 5.74) is -0.0421. The molecule has 0 bridgehead atoms. The largest absolute Gasteiger partial charge is 0.417 e. The lowest BCUT2D eigenvalue weighted by Crippen LogP contribution is -2.37. The highest BCUT2D eigenvalue weighted by Crippen LogP contribution is 2.35. The molecule has 0 aliphatic carbocycles. The van der Waals surface area contributed by atoms with Gasteiger partial charge in [-0.2, -0.15) is 13.2 Å². The molecular formula is C16H16ClF3N2O2S2. The maximum absolute atomic E-state index is 13.1. The molecule has 4 nitrogen and oxygen atoms in total. The summed E-state index contributed by atoms with van der Waals surface area (Å²) in [5, 5.41) is 1.85. The van der Waals surface area contributed by atoms with Gasteiger partial charge in [0.05, 0.1) is 10.5 Å². The molecule has 2 aromatic rings. The van der Waals surface area contributed by atoms with E-state index in [4.69, 9.17) is 11.6 Å². The van der Waals surface area contributed by atoms with Crippen LogP contribution >= 0.6 is 22.9 Å². The van der Waals surface area contributed by atoms with Crippen molar-refractivity contribution in [1.82, 2.24) is 9.62 Å². The Morgan fingerprint density at radius 1 is 1.27 bits per heavy atom. The quantitative estimate of drug-likeness (QED) is 0.795. The molecule has 1 aromatic heterocycles. The fourth-order valence-corrected chi connectivity index (χ4v) is 5.16. The third-order valence-electron chi connectivity index (χ3n) is 4.14. The normalized spacial score (nSPS) is 15.8. The summed E-state index contributed by atoms with van der Waals surface area (Å²) in [6.07, 6.45) is -3.91. The van der Waals surface area contributed by atoms with E-state index in [-0.39, 0.29) is 11.6 Å². The van der Waals surface area contributed by atoms with E-state index < -0.39 is 26.7 Å². The number of nitrogens with zero attached hydrogens (tertiary/aromatic N) is 1. The number of rotatable bonds is 5. The summed E-state index contributed by atoms with van der Waals surface area (Å²) in [5.74, 6) is 0. The Morgan fingerprint density at radius 3 is 2.77 bits per heavy atom. The van der Waals surface area contributed by atoms with Gasteiger partial charge in [-0.1, -0.05) is 11.6 Å². The number of nitrogens with one attached hydrogen (secondary N) is 1. The van der Waals surface area contributed by atoms with Crippen molar-refractivity contribution in [2.24, 2.45) is 0 Å². The predicted molar refractivity (Wildman–Crippen MR) is 94.9 cm³/mol. The second-order valence-electron chi connectivity index (χ2n) is 5.93. The second kappa shape index (κ2) is 7.47. The lowest BCUT2D eigenvalue weighted by atomic mass is 10.1. The van der Waals surface area contributed by atoms with Gasteiger partial charge in [0.2, 0.25) is 10.0 Å². The van der Waals surface area contributed by atoms with Crippen molar-refractivity contribution in [3.63, 3.8) is 0 Å². The van der Waals surface area contributed by atoms with Crippen LogP contribution in [0.15, 0.2) is 34.5 Å². The smallest absolute Gasteiger partial charge is 0.297 e. The third-order valence-corrected chi connectivity index (χ3v) is 6.92. The standard InChI is InChI=1S/C16H16ClF3N2O2S2/c17-12-1-2-15(13(9-12)16(18,19)20)26(23,24)21-5-7-22-6-3-14-11(10-22)4-8-25-14/h1-2,4,8-9,21H,3,5-7,10H2. The first-order valence-electron chi connectivity index (χ1n) is 7.81. The molecule has 26 heavy (non-hydrogen) atoms. The van der Waals surface area contributed by atoms with Gasteiger partial charge in [-0.15, -0.1) is 11.3 Å². The summed E-state index contributed by atoms with van der Waals surface area (Å²) in [4.78, 5) is 2.59. The highest BCUT2D eigenvalue weighted by molar-refractivity contribution is 7.89. The molecule has 1 aliphatic heterocycles. The number of thiophene rings is 1. The fraction of sp³-hybridized carbons (Fsp3) is 0.375. The van der Waals surface area contributed by atoms with E-state index in [1.807, 2.05) is 11.4 Å². The molecule has 0 amide bonds. The topological polar surface area (TPSA) is 49.4 Å². The van der Waals surface area contributed by atoms with Gasteiger partial charge in [-0.25, -0.2) is 13.1 Å². The Kier molecular flexibility index (Phi) is 5.64. The Balaban J connectivity index is 1.67. The second-order valence-corrected chi connectivity index (χ2v) is 9.10. The van der Waals surface area contributed by atoms with Gasteiger partial charge in [0.25, 0.3) is 0 Å². The van der Waals surface area contributed by atoms with Crippen LogP contribution in [0.4, 0.5) is 13.2 Å². The first-order chi connectivity index (χ1) is 12.2. The van der Waals surface area contributed by atoms with Gasteiger partial charge >= 0.3 is 6.18 Å². The molecule has 0 spiro atoms. The third kappa shape index (κ3) is 4.40. The van der Waals surface area contributed by atoms with Crippen molar-refractivity contribution in [3.05, 3.63) is 50.7 Å². The molecule has 0 saturated carbocycles. The van der Waals surface area contributed by atoms with E-state index in [1.165, 1.54) is 10.4 Å². The van der Waals surface area contributed by atoms with E-state index in [0.717, 1.165) is 31.6 Å². The van der Waals surface area contributed by atoms with E-state index in [1.54, 1.807) is 11.3 Å². The van der Waals surface area contributed by atoms with Crippen LogP contribution in [0.1, 0.15) is 16.0 Å². The highest BCUT2D eigenvalue weighted by Gasteiger charge is 2.37. The van der Waals surface area contributed by atoms with Crippen LogP contribution in [-0.4, -0.2) is 33.0 Å². The summed E-state index contributed by atoms with van der Waals surface area (Å²) in [6, 6.07) is 4.68. The summed E-state index contributed by atoms with van der Waals surface area (Å²) >= 11 is 7.29. The van der Waals surface area contributed by atoms with Crippen LogP contribution in [0, 0.1) is 0 Å². The van der Waals surface area contributed by atoms with Crippen LogP contribution in [-0.2, 0) is 29.2 Å². The van der Waals surface area contributed by atoms with Crippen LogP contribution in [0.5, 0.6) is 0 Å². The lowest BCUT2D eigenvalue weighted by Gasteiger charge is -2.26. The molecule has 0 radical (unpaired) electrons. The predicted octanol–water partition coefficient (Wildman–Crippen LogP) is 3.76. The first kappa shape index (κ1) is 19.6. The van der Waals surface area contributed by atoms with Crippen molar-refractivity contribution in [2.45, 2.75) is 24.0 Å². The van der Waals surface area contributed by atoms with E-state index in [0.29, 0.717) is 12.6 Å². The molecule has 142 valence electrons. The average Bonchev–Trinajstić information content (AvgIpc) is 3.01. The van der Waals surface area contributed by atoms with Crippen molar-refractivity contribution < 1.29 is 21.6 Å². The Labute approximate surface area is 158 Å². The van der Waals surface area contributed by atoms with Crippen molar-refractivity contribution >= 4 is 33.0 Å². The van der Waals surface area contributed by atoms with Gasteiger partial charge in [-0.05, 0) is 41.6 Å². The fourth-order valence-electron chi connectivity index (χ4n) is 2.87. The van der Waals surface area contributed by atoms with Gasteiger partial charge in [0.15, 0.2) is 0 Å². The summed E-state index contributed by atoms with van der Waals surface area (Å²) in [7, 11) is -4.29. The zero-order chi connectivity index (χ0) is 18.9.